The summed E-state index contributed by atoms with van der Waals surface area (Å²) in [5.74, 6) is -1.13. The van der Waals surface area contributed by atoms with Crippen molar-refractivity contribution in [2.45, 2.75) is 33.5 Å². The third kappa shape index (κ3) is 4.10. The smallest absolute Gasteiger partial charge is 0.325 e. The summed E-state index contributed by atoms with van der Waals surface area (Å²) < 4.78 is 3.21. The van der Waals surface area contributed by atoms with Crippen molar-refractivity contribution >= 4 is 11.9 Å². The van der Waals surface area contributed by atoms with E-state index in [0.29, 0.717) is 18.8 Å². The fraction of sp³-hybridized carbons (Fsp3) is 0.529. The standard InChI is InChI=1S/C17H24N6O3/c1-3-22-11-14(13(2)18-22)10-20-6-8-21(9-7-20)17(26)15-4-5-23(19-15)12-16(24)25/h4-5,11H,3,6-10,12H2,1-2H3,(H,24,25). The van der Waals surface area contributed by atoms with E-state index < -0.39 is 5.97 Å². The van der Waals surface area contributed by atoms with Gasteiger partial charge < -0.3 is 10.0 Å². The molecule has 9 nitrogen and oxygen atoms in total. The molecule has 1 aliphatic heterocycles. The van der Waals surface area contributed by atoms with Gasteiger partial charge in [-0.15, -0.1) is 0 Å². The van der Waals surface area contributed by atoms with Crippen LogP contribution in [0.15, 0.2) is 18.5 Å². The van der Waals surface area contributed by atoms with E-state index in [4.69, 9.17) is 5.11 Å². The van der Waals surface area contributed by atoms with Crippen molar-refractivity contribution in [2.24, 2.45) is 0 Å². The molecular weight excluding hydrogens is 336 g/mol. The van der Waals surface area contributed by atoms with Crippen LogP contribution in [0.4, 0.5) is 0 Å². The molecule has 2 aromatic rings. The number of piperazine rings is 1. The molecule has 0 unspecified atom stereocenters. The van der Waals surface area contributed by atoms with Crippen LogP contribution in [0.1, 0.15) is 28.7 Å². The van der Waals surface area contributed by atoms with E-state index in [1.807, 2.05) is 11.6 Å². The van der Waals surface area contributed by atoms with Gasteiger partial charge in [0.1, 0.15) is 12.2 Å². The summed E-state index contributed by atoms with van der Waals surface area (Å²) in [6.07, 6.45) is 3.60. The molecule has 1 N–H and O–H groups in total. The van der Waals surface area contributed by atoms with Gasteiger partial charge >= 0.3 is 5.97 Å². The van der Waals surface area contributed by atoms with Crippen molar-refractivity contribution < 1.29 is 14.7 Å². The SMILES string of the molecule is CCn1cc(CN2CCN(C(=O)c3ccn(CC(=O)O)n3)CC2)c(C)n1. The zero-order chi connectivity index (χ0) is 18.7. The number of aromatic nitrogens is 4. The van der Waals surface area contributed by atoms with Crippen LogP contribution in [0.25, 0.3) is 0 Å². The molecule has 1 aliphatic rings. The highest BCUT2D eigenvalue weighted by atomic mass is 16.4. The number of aliphatic carboxylic acids is 1. The summed E-state index contributed by atoms with van der Waals surface area (Å²) in [7, 11) is 0. The largest absolute Gasteiger partial charge is 0.480 e. The second-order valence-corrected chi connectivity index (χ2v) is 6.46. The van der Waals surface area contributed by atoms with Crippen molar-refractivity contribution in [3.8, 4) is 0 Å². The van der Waals surface area contributed by atoms with Gasteiger partial charge in [0.05, 0.1) is 5.69 Å². The van der Waals surface area contributed by atoms with E-state index in [-0.39, 0.29) is 12.5 Å². The molecule has 0 bridgehead atoms. The highest BCUT2D eigenvalue weighted by Crippen LogP contribution is 2.13. The van der Waals surface area contributed by atoms with Crippen LogP contribution < -0.4 is 0 Å². The molecule has 2 aromatic heterocycles. The molecule has 0 saturated carbocycles. The van der Waals surface area contributed by atoms with E-state index in [2.05, 4.69) is 28.2 Å². The molecule has 0 aromatic carbocycles. The molecule has 1 fully saturated rings. The molecule has 0 spiro atoms. The Bertz CT molecular complexity index is 788. The second-order valence-electron chi connectivity index (χ2n) is 6.46. The average Bonchev–Trinajstić information content (AvgIpc) is 3.21. The Morgan fingerprint density at radius 2 is 1.88 bits per heavy atom. The van der Waals surface area contributed by atoms with E-state index >= 15 is 0 Å². The maximum absolute atomic E-state index is 12.5. The summed E-state index contributed by atoms with van der Waals surface area (Å²) in [4.78, 5) is 27.3. The van der Waals surface area contributed by atoms with Crippen LogP contribution in [-0.4, -0.2) is 72.5 Å². The third-order valence-corrected chi connectivity index (χ3v) is 4.58. The molecule has 0 radical (unpaired) electrons. The second kappa shape index (κ2) is 7.69. The maximum atomic E-state index is 12.5. The van der Waals surface area contributed by atoms with Crippen LogP contribution >= 0.6 is 0 Å². The fourth-order valence-electron chi connectivity index (χ4n) is 3.09. The minimum Gasteiger partial charge on any atom is -0.480 e. The van der Waals surface area contributed by atoms with E-state index in [9.17, 15) is 9.59 Å². The average molecular weight is 360 g/mol. The lowest BCUT2D eigenvalue weighted by Crippen LogP contribution is -2.48. The van der Waals surface area contributed by atoms with Crippen molar-refractivity contribution in [1.29, 1.82) is 0 Å². The molecule has 140 valence electrons. The summed E-state index contributed by atoms with van der Waals surface area (Å²) in [5, 5.41) is 17.3. The number of rotatable bonds is 6. The van der Waals surface area contributed by atoms with E-state index in [1.165, 1.54) is 16.4 Å². The van der Waals surface area contributed by atoms with Gasteiger partial charge in [-0.05, 0) is 19.9 Å². The number of nitrogens with zero attached hydrogens (tertiary/aromatic N) is 6. The monoisotopic (exact) mass is 360 g/mol. The quantitative estimate of drug-likeness (QED) is 0.803. The Kier molecular flexibility index (Phi) is 5.36. The van der Waals surface area contributed by atoms with Gasteiger partial charge in [0.25, 0.3) is 5.91 Å². The van der Waals surface area contributed by atoms with Gasteiger partial charge in [0, 0.05) is 57.2 Å². The topological polar surface area (TPSA) is 96.5 Å². The Morgan fingerprint density at radius 1 is 1.15 bits per heavy atom. The number of carboxylic acids is 1. The predicted octanol–water partition coefficient (Wildman–Crippen LogP) is 0.451. The van der Waals surface area contributed by atoms with Crippen molar-refractivity contribution in [2.75, 3.05) is 26.2 Å². The molecule has 26 heavy (non-hydrogen) atoms. The Balaban J connectivity index is 1.54. The lowest BCUT2D eigenvalue weighted by Gasteiger charge is -2.34. The van der Waals surface area contributed by atoms with Gasteiger partial charge in [-0.2, -0.15) is 10.2 Å². The molecule has 9 heteroatoms. The third-order valence-electron chi connectivity index (χ3n) is 4.58. The first-order valence-electron chi connectivity index (χ1n) is 8.76. The first-order valence-corrected chi connectivity index (χ1v) is 8.76. The van der Waals surface area contributed by atoms with Gasteiger partial charge in [0.2, 0.25) is 0 Å². The number of carbonyl (C=O) groups excluding carboxylic acids is 1. The number of hydrogen-bond donors (Lipinski definition) is 1. The lowest BCUT2D eigenvalue weighted by atomic mass is 10.2. The highest BCUT2D eigenvalue weighted by Gasteiger charge is 2.24. The van der Waals surface area contributed by atoms with Crippen molar-refractivity contribution in [1.82, 2.24) is 29.4 Å². The first kappa shape index (κ1) is 18.1. The van der Waals surface area contributed by atoms with Gasteiger partial charge in [-0.1, -0.05) is 0 Å². The van der Waals surface area contributed by atoms with Crippen LogP contribution in [-0.2, 0) is 24.4 Å². The minimum absolute atomic E-state index is 0.149. The highest BCUT2D eigenvalue weighted by molar-refractivity contribution is 5.92. The molecule has 1 amide bonds. The summed E-state index contributed by atoms with van der Waals surface area (Å²) in [6.45, 7) is 8.38. The Labute approximate surface area is 151 Å². The van der Waals surface area contributed by atoms with Crippen LogP contribution in [0.3, 0.4) is 0 Å². The molecule has 0 atom stereocenters. The van der Waals surface area contributed by atoms with E-state index in [0.717, 1.165) is 31.9 Å². The van der Waals surface area contributed by atoms with Gasteiger partial charge in [-0.25, -0.2) is 0 Å². The fourth-order valence-corrected chi connectivity index (χ4v) is 3.09. The summed E-state index contributed by atoms with van der Waals surface area (Å²) in [5.41, 5.74) is 2.56. The van der Waals surface area contributed by atoms with Gasteiger partial charge in [-0.3, -0.25) is 23.9 Å². The molecule has 3 heterocycles. The number of carboxylic acid groups (broad SMARTS) is 1. The Hall–Kier alpha value is -2.68. The summed E-state index contributed by atoms with van der Waals surface area (Å²) >= 11 is 0. The molecule has 3 rings (SSSR count). The number of aryl methyl sites for hydroxylation is 2. The first-order chi connectivity index (χ1) is 12.5. The maximum Gasteiger partial charge on any atom is 0.325 e. The van der Waals surface area contributed by atoms with Crippen molar-refractivity contribution in [3.05, 3.63) is 35.4 Å². The van der Waals surface area contributed by atoms with Crippen molar-refractivity contribution in [3.63, 3.8) is 0 Å². The normalized spacial score (nSPS) is 15.4. The van der Waals surface area contributed by atoms with E-state index in [1.54, 1.807) is 11.0 Å². The zero-order valence-corrected chi connectivity index (χ0v) is 15.1. The lowest BCUT2D eigenvalue weighted by molar-refractivity contribution is -0.137. The Morgan fingerprint density at radius 3 is 2.50 bits per heavy atom. The minimum atomic E-state index is -0.984. The predicted molar refractivity (Wildman–Crippen MR) is 93.7 cm³/mol. The summed E-state index contributed by atoms with van der Waals surface area (Å²) in [6, 6.07) is 1.57. The number of carbonyl (C=O) groups is 2. The van der Waals surface area contributed by atoms with Crippen LogP contribution in [0, 0.1) is 6.92 Å². The molecule has 0 aliphatic carbocycles. The zero-order valence-electron chi connectivity index (χ0n) is 15.1. The molecular formula is C17H24N6O3. The van der Waals surface area contributed by atoms with Crippen LogP contribution in [0.5, 0.6) is 0 Å². The van der Waals surface area contributed by atoms with Crippen LogP contribution in [0.2, 0.25) is 0 Å². The van der Waals surface area contributed by atoms with Gasteiger partial charge in [0.15, 0.2) is 0 Å². The number of amides is 1. The molecule has 1 saturated heterocycles. The number of hydrogen-bond acceptors (Lipinski definition) is 5.